The molecule has 2 N–H and O–H groups in total. The molecule has 0 aliphatic heterocycles. The summed E-state index contributed by atoms with van der Waals surface area (Å²) in [5.41, 5.74) is 0.497. The van der Waals surface area contributed by atoms with Crippen LogP contribution in [0.3, 0.4) is 0 Å². The lowest BCUT2D eigenvalue weighted by atomic mass is 10.2. The highest BCUT2D eigenvalue weighted by Gasteiger charge is 2.16. The average Bonchev–Trinajstić information content (AvgIpc) is 2.58. The van der Waals surface area contributed by atoms with Crippen molar-refractivity contribution in [2.45, 2.75) is 26.4 Å². The van der Waals surface area contributed by atoms with Gasteiger partial charge in [-0.05, 0) is 26.8 Å². The maximum Gasteiger partial charge on any atom is 0.412 e. The first-order valence-electron chi connectivity index (χ1n) is 5.38. The molecule has 6 heteroatoms. The number of anilines is 1. The van der Waals surface area contributed by atoms with Crippen LogP contribution in [-0.2, 0) is 11.8 Å². The van der Waals surface area contributed by atoms with Gasteiger partial charge in [-0.25, -0.2) is 4.79 Å². The van der Waals surface area contributed by atoms with Gasteiger partial charge in [0, 0.05) is 20.4 Å². The topological polar surface area (TPSA) is 80.6 Å². The highest BCUT2D eigenvalue weighted by Crippen LogP contribution is 2.13. The molecule has 0 fully saturated rings. The second kappa shape index (κ2) is 6.80. The number of ether oxygens (including phenoxy) is 1. The van der Waals surface area contributed by atoms with E-state index in [1.807, 2.05) is 0 Å². The van der Waals surface area contributed by atoms with E-state index in [0.717, 1.165) is 13.4 Å². The van der Waals surface area contributed by atoms with Gasteiger partial charge in [0.25, 0.3) is 0 Å². The molecule has 6 nitrogen and oxygen atoms in total. The van der Waals surface area contributed by atoms with Crippen LogP contribution in [0.1, 0.15) is 31.3 Å². The number of aliphatic hydroxyl groups is 1. The van der Waals surface area contributed by atoms with Gasteiger partial charge in [-0.3, -0.25) is 10.1 Å². The van der Waals surface area contributed by atoms with E-state index in [1.54, 1.807) is 44.6 Å². The van der Waals surface area contributed by atoms with Gasteiger partial charge >= 0.3 is 6.09 Å². The Balaban J connectivity index is 0.00000137. The lowest BCUT2D eigenvalue weighted by Gasteiger charge is -2.19. The molecule has 1 heterocycles. The van der Waals surface area contributed by atoms with Crippen molar-refractivity contribution >= 4 is 18.1 Å². The number of nitrogens with zero attached hydrogens (tertiary/aromatic N) is 1. The zero-order valence-corrected chi connectivity index (χ0v) is 11.4. The monoisotopic (exact) mass is 256 g/mol. The van der Waals surface area contributed by atoms with Crippen molar-refractivity contribution in [3.8, 4) is 0 Å². The van der Waals surface area contributed by atoms with Crippen molar-refractivity contribution in [2.24, 2.45) is 7.05 Å². The van der Waals surface area contributed by atoms with Crippen molar-refractivity contribution in [3.05, 3.63) is 18.0 Å². The third-order valence-corrected chi connectivity index (χ3v) is 1.81. The maximum absolute atomic E-state index is 11.4. The number of rotatable bonds is 2. The molecule has 0 aliphatic carbocycles. The van der Waals surface area contributed by atoms with Crippen LogP contribution in [-0.4, -0.2) is 34.8 Å². The SMILES string of the molecule is CO.Cn1cc(NC(=O)OC(C)(C)C)cc1C=O. The van der Waals surface area contributed by atoms with Gasteiger partial charge < -0.3 is 14.4 Å². The zero-order valence-electron chi connectivity index (χ0n) is 11.4. The number of carbonyl (C=O) groups excluding carboxylic acids is 2. The Bertz CT molecular complexity index is 405. The van der Waals surface area contributed by atoms with Crippen molar-refractivity contribution < 1.29 is 19.4 Å². The number of aryl methyl sites for hydroxylation is 1. The molecule has 0 bridgehead atoms. The van der Waals surface area contributed by atoms with E-state index in [9.17, 15) is 9.59 Å². The first-order valence-corrected chi connectivity index (χ1v) is 5.38. The van der Waals surface area contributed by atoms with E-state index in [1.165, 1.54) is 0 Å². The molecule has 0 unspecified atom stereocenters. The Morgan fingerprint density at radius 1 is 1.44 bits per heavy atom. The number of hydrogen-bond acceptors (Lipinski definition) is 4. The fourth-order valence-corrected chi connectivity index (χ4v) is 1.19. The van der Waals surface area contributed by atoms with Crippen LogP contribution in [0.4, 0.5) is 10.5 Å². The van der Waals surface area contributed by atoms with Gasteiger partial charge in [-0.1, -0.05) is 0 Å². The molecule has 0 radical (unpaired) electrons. The average molecular weight is 256 g/mol. The van der Waals surface area contributed by atoms with Crippen LogP contribution in [0.5, 0.6) is 0 Å². The number of aldehydes is 1. The molecule has 102 valence electrons. The minimum Gasteiger partial charge on any atom is -0.444 e. The van der Waals surface area contributed by atoms with Gasteiger partial charge in [0.1, 0.15) is 5.60 Å². The summed E-state index contributed by atoms with van der Waals surface area (Å²) < 4.78 is 6.70. The third-order valence-electron chi connectivity index (χ3n) is 1.81. The van der Waals surface area contributed by atoms with Crippen LogP contribution in [0.15, 0.2) is 12.3 Å². The van der Waals surface area contributed by atoms with Crippen molar-refractivity contribution in [2.75, 3.05) is 12.4 Å². The Morgan fingerprint density at radius 3 is 2.39 bits per heavy atom. The molecule has 1 rings (SSSR count). The quantitative estimate of drug-likeness (QED) is 0.790. The van der Waals surface area contributed by atoms with Crippen molar-refractivity contribution in [1.29, 1.82) is 0 Å². The highest BCUT2D eigenvalue weighted by atomic mass is 16.6. The van der Waals surface area contributed by atoms with E-state index in [-0.39, 0.29) is 0 Å². The molecule has 0 atom stereocenters. The third kappa shape index (κ3) is 5.49. The smallest absolute Gasteiger partial charge is 0.412 e. The molecule has 0 aliphatic rings. The molecule has 0 aromatic carbocycles. The standard InChI is InChI=1S/C11H16N2O3.CH4O/c1-11(2,3)16-10(15)12-8-5-9(7-14)13(4)6-8;1-2/h5-7H,1-4H3,(H,12,15);2H,1H3. The van der Waals surface area contributed by atoms with Crippen LogP contribution in [0.2, 0.25) is 0 Å². The number of hydrogen-bond donors (Lipinski definition) is 2. The minimum absolute atomic E-state index is 0.492. The Kier molecular flexibility index (Phi) is 6.12. The van der Waals surface area contributed by atoms with E-state index in [2.05, 4.69) is 5.32 Å². The van der Waals surface area contributed by atoms with Gasteiger partial charge in [0.05, 0.1) is 11.4 Å². The van der Waals surface area contributed by atoms with E-state index in [0.29, 0.717) is 11.4 Å². The first-order chi connectivity index (χ1) is 8.31. The summed E-state index contributed by atoms with van der Waals surface area (Å²) in [5.74, 6) is 0. The fraction of sp³-hybridized carbons (Fsp3) is 0.500. The summed E-state index contributed by atoms with van der Waals surface area (Å²) in [6.45, 7) is 5.36. The number of amides is 1. The predicted octanol–water partition coefficient (Wildman–Crippen LogP) is 1.79. The second-order valence-electron chi connectivity index (χ2n) is 4.51. The van der Waals surface area contributed by atoms with Gasteiger partial charge in [0.2, 0.25) is 0 Å². The predicted molar refractivity (Wildman–Crippen MR) is 68.8 cm³/mol. The lowest BCUT2D eigenvalue weighted by Crippen LogP contribution is -2.27. The molecule has 0 saturated carbocycles. The summed E-state index contributed by atoms with van der Waals surface area (Å²) in [6, 6.07) is 1.58. The molecule has 18 heavy (non-hydrogen) atoms. The summed E-state index contributed by atoms with van der Waals surface area (Å²) >= 11 is 0. The number of aliphatic hydroxyl groups excluding tert-OH is 1. The maximum atomic E-state index is 11.4. The molecule has 0 spiro atoms. The fourth-order valence-electron chi connectivity index (χ4n) is 1.19. The summed E-state index contributed by atoms with van der Waals surface area (Å²) in [5, 5.41) is 9.55. The lowest BCUT2D eigenvalue weighted by molar-refractivity contribution is 0.0636. The number of aromatic nitrogens is 1. The van der Waals surface area contributed by atoms with Gasteiger partial charge in [-0.2, -0.15) is 0 Å². The molecule has 0 saturated heterocycles. The van der Waals surface area contributed by atoms with Crippen LogP contribution < -0.4 is 5.32 Å². The van der Waals surface area contributed by atoms with Gasteiger partial charge in [0.15, 0.2) is 6.29 Å². The zero-order chi connectivity index (χ0) is 14.3. The van der Waals surface area contributed by atoms with Crippen LogP contribution >= 0.6 is 0 Å². The molecule has 1 aromatic heterocycles. The van der Waals surface area contributed by atoms with Crippen molar-refractivity contribution in [3.63, 3.8) is 0 Å². The Hall–Kier alpha value is -1.82. The van der Waals surface area contributed by atoms with E-state index < -0.39 is 11.7 Å². The highest BCUT2D eigenvalue weighted by molar-refractivity contribution is 5.86. The Morgan fingerprint density at radius 2 is 2.00 bits per heavy atom. The van der Waals surface area contributed by atoms with Crippen LogP contribution in [0, 0.1) is 0 Å². The minimum atomic E-state index is -0.535. The number of carbonyl (C=O) groups is 2. The first kappa shape index (κ1) is 16.2. The molecule has 1 amide bonds. The molecular formula is C12H20N2O4. The second-order valence-corrected chi connectivity index (χ2v) is 4.51. The summed E-state index contributed by atoms with van der Waals surface area (Å²) in [6.07, 6.45) is 1.84. The van der Waals surface area contributed by atoms with E-state index in [4.69, 9.17) is 9.84 Å². The number of nitrogens with one attached hydrogen (secondary N) is 1. The Labute approximate surface area is 107 Å². The molecular weight excluding hydrogens is 236 g/mol. The normalized spacial score (nSPS) is 10.1. The summed E-state index contributed by atoms with van der Waals surface area (Å²) in [7, 11) is 2.73. The van der Waals surface area contributed by atoms with Crippen LogP contribution in [0.25, 0.3) is 0 Å². The van der Waals surface area contributed by atoms with E-state index >= 15 is 0 Å². The van der Waals surface area contributed by atoms with Crippen molar-refractivity contribution in [1.82, 2.24) is 4.57 Å². The van der Waals surface area contributed by atoms with Gasteiger partial charge in [-0.15, -0.1) is 0 Å². The molecule has 1 aromatic rings. The summed E-state index contributed by atoms with van der Waals surface area (Å²) in [4.78, 5) is 22.0. The largest absolute Gasteiger partial charge is 0.444 e.